The van der Waals surface area contributed by atoms with Gasteiger partial charge in [0.15, 0.2) is 0 Å². The van der Waals surface area contributed by atoms with Crippen molar-refractivity contribution in [2.45, 2.75) is 20.4 Å². The van der Waals surface area contributed by atoms with Gasteiger partial charge in [-0.25, -0.2) is 4.39 Å². The van der Waals surface area contributed by atoms with Crippen LogP contribution in [0.5, 0.6) is 0 Å². The minimum absolute atomic E-state index is 0.203. The van der Waals surface area contributed by atoms with E-state index in [0.29, 0.717) is 6.54 Å². The third kappa shape index (κ3) is 3.03. The Balaban J connectivity index is 2.07. The first kappa shape index (κ1) is 11.6. The Labute approximate surface area is 101 Å². The average molecular weight is 230 g/mol. The third-order valence-corrected chi connectivity index (χ3v) is 2.60. The topological polar surface area (TPSA) is 24.9 Å². The predicted molar refractivity (Wildman–Crippen MR) is 67.4 cm³/mol. The van der Waals surface area contributed by atoms with Crippen LogP contribution in [0.3, 0.4) is 0 Å². The molecular formula is C14H15FN2. The maximum absolute atomic E-state index is 12.9. The molecule has 0 atom stereocenters. The molecule has 1 aromatic heterocycles. The summed E-state index contributed by atoms with van der Waals surface area (Å²) in [6, 6.07) is 6.83. The van der Waals surface area contributed by atoms with Crippen LogP contribution in [0.15, 0.2) is 36.7 Å². The number of hydrogen-bond acceptors (Lipinski definition) is 2. The van der Waals surface area contributed by atoms with Crippen LogP contribution in [-0.4, -0.2) is 4.98 Å². The molecule has 0 amide bonds. The van der Waals surface area contributed by atoms with Crippen LogP contribution in [0, 0.1) is 19.7 Å². The van der Waals surface area contributed by atoms with Gasteiger partial charge >= 0.3 is 0 Å². The lowest BCUT2D eigenvalue weighted by molar-refractivity contribution is 0.627. The second-order valence-electron chi connectivity index (χ2n) is 4.18. The number of aryl methyl sites for hydroxylation is 2. The van der Waals surface area contributed by atoms with Crippen molar-refractivity contribution in [3.8, 4) is 0 Å². The molecule has 1 N–H and O–H groups in total. The third-order valence-electron chi connectivity index (χ3n) is 2.60. The zero-order chi connectivity index (χ0) is 12.3. The van der Waals surface area contributed by atoms with E-state index in [1.165, 1.54) is 12.1 Å². The number of hydrogen-bond donors (Lipinski definition) is 1. The highest BCUT2D eigenvalue weighted by molar-refractivity contribution is 5.50. The summed E-state index contributed by atoms with van der Waals surface area (Å²) in [6.07, 6.45) is 3.66. The van der Waals surface area contributed by atoms with Crippen molar-refractivity contribution in [1.82, 2.24) is 4.98 Å². The van der Waals surface area contributed by atoms with Gasteiger partial charge in [0.1, 0.15) is 5.82 Å². The summed E-state index contributed by atoms with van der Waals surface area (Å²) in [5.74, 6) is -0.203. The molecular weight excluding hydrogens is 215 g/mol. The maximum Gasteiger partial charge on any atom is 0.123 e. The highest BCUT2D eigenvalue weighted by Gasteiger charge is 2.00. The summed E-state index contributed by atoms with van der Waals surface area (Å²) in [4.78, 5) is 4.13. The summed E-state index contributed by atoms with van der Waals surface area (Å²) < 4.78 is 12.9. The van der Waals surface area contributed by atoms with Gasteiger partial charge < -0.3 is 5.32 Å². The molecule has 0 saturated heterocycles. The van der Waals surface area contributed by atoms with E-state index >= 15 is 0 Å². The van der Waals surface area contributed by atoms with E-state index in [-0.39, 0.29) is 5.82 Å². The molecule has 2 nitrogen and oxygen atoms in total. The smallest absolute Gasteiger partial charge is 0.123 e. The lowest BCUT2D eigenvalue weighted by atomic mass is 10.1. The van der Waals surface area contributed by atoms with E-state index in [2.05, 4.69) is 16.4 Å². The van der Waals surface area contributed by atoms with Crippen LogP contribution in [0.25, 0.3) is 0 Å². The van der Waals surface area contributed by atoms with E-state index in [4.69, 9.17) is 0 Å². The van der Waals surface area contributed by atoms with Crippen LogP contribution in [0.2, 0.25) is 0 Å². The number of halogens is 1. The SMILES string of the molecule is Cc1cncc(CNc2ccc(F)cc2C)c1. The van der Waals surface area contributed by atoms with Crippen molar-refractivity contribution in [2.75, 3.05) is 5.32 Å². The predicted octanol–water partition coefficient (Wildman–Crippen LogP) is 3.45. The van der Waals surface area contributed by atoms with Crippen molar-refractivity contribution in [1.29, 1.82) is 0 Å². The Morgan fingerprint density at radius 3 is 2.71 bits per heavy atom. The van der Waals surface area contributed by atoms with Crippen molar-refractivity contribution in [3.05, 3.63) is 59.2 Å². The number of nitrogens with zero attached hydrogens (tertiary/aromatic N) is 1. The fourth-order valence-corrected chi connectivity index (χ4v) is 1.74. The van der Waals surface area contributed by atoms with Gasteiger partial charge in [-0.2, -0.15) is 0 Å². The average Bonchev–Trinajstić information content (AvgIpc) is 2.28. The number of benzene rings is 1. The second kappa shape index (κ2) is 4.95. The molecule has 0 fully saturated rings. The van der Waals surface area contributed by atoms with Gasteiger partial charge in [0.05, 0.1) is 0 Å². The highest BCUT2D eigenvalue weighted by atomic mass is 19.1. The summed E-state index contributed by atoms with van der Waals surface area (Å²) in [6.45, 7) is 4.60. The minimum Gasteiger partial charge on any atom is -0.381 e. The molecule has 0 saturated carbocycles. The van der Waals surface area contributed by atoms with Crippen molar-refractivity contribution in [3.63, 3.8) is 0 Å². The van der Waals surface area contributed by atoms with Crippen LogP contribution >= 0.6 is 0 Å². The molecule has 0 spiro atoms. The Kier molecular flexibility index (Phi) is 3.38. The number of pyridine rings is 1. The van der Waals surface area contributed by atoms with Crippen LogP contribution < -0.4 is 5.32 Å². The van der Waals surface area contributed by atoms with Gasteiger partial charge in [0.25, 0.3) is 0 Å². The fraction of sp³-hybridized carbons (Fsp3) is 0.214. The molecule has 0 bridgehead atoms. The van der Waals surface area contributed by atoms with Crippen molar-refractivity contribution in [2.24, 2.45) is 0 Å². The Morgan fingerprint density at radius 2 is 2.00 bits per heavy atom. The molecule has 3 heteroatoms. The molecule has 0 aliphatic carbocycles. The second-order valence-corrected chi connectivity index (χ2v) is 4.18. The lowest BCUT2D eigenvalue weighted by Gasteiger charge is -2.09. The fourth-order valence-electron chi connectivity index (χ4n) is 1.74. The first-order chi connectivity index (χ1) is 8.15. The van der Waals surface area contributed by atoms with Crippen LogP contribution in [-0.2, 0) is 6.54 Å². The maximum atomic E-state index is 12.9. The van der Waals surface area contributed by atoms with Gasteiger partial charge in [-0.1, -0.05) is 6.07 Å². The molecule has 0 aliphatic rings. The largest absolute Gasteiger partial charge is 0.381 e. The van der Waals surface area contributed by atoms with Gasteiger partial charge in [-0.3, -0.25) is 4.98 Å². The molecule has 0 unspecified atom stereocenters. The molecule has 0 radical (unpaired) electrons. The molecule has 2 rings (SSSR count). The Bertz CT molecular complexity index is 523. The minimum atomic E-state index is -0.203. The van der Waals surface area contributed by atoms with Gasteiger partial charge in [0, 0.05) is 24.6 Å². The highest BCUT2D eigenvalue weighted by Crippen LogP contribution is 2.16. The van der Waals surface area contributed by atoms with Gasteiger partial charge in [-0.15, -0.1) is 0 Å². The molecule has 1 heterocycles. The quantitative estimate of drug-likeness (QED) is 0.873. The summed E-state index contributed by atoms with van der Waals surface area (Å²) >= 11 is 0. The molecule has 2 aromatic rings. The van der Waals surface area contributed by atoms with E-state index in [1.807, 2.05) is 26.2 Å². The first-order valence-corrected chi connectivity index (χ1v) is 5.56. The van der Waals surface area contributed by atoms with E-state index in [1.54, 1.807) is 6.07 Å². The number of aromatic nitrogens is 1. The standard InChI is InChI=1S/C14H15FN2/c1-10-5-12(8-16-7-10)9-17-14-4-3-13(15)6-11(14)2/h3-8,17H,9H2,1-2H3. The van der Waals surface area contributed by atoms with Crippen molar-refractivity contribution < 1.29 is 4.39 Å². The molecule has 88 valence electrons. The monoisotopic (exact) mass is 230 g/mol. The van der Waals surface area contributed by atoms with Crippen LogP contribution in [0.1, 0.15) is 16.7 Å². The summed E-state index contributed by atoms with van der Waals surface area (Å²) in [5.41, 5.74) is 4.12. The number of nitrogens with one attached hydrogen (secondary N) is 1. The summed E-state index contributed by atoms with van der Waals surface area (Å²) in [7, 11) is 0. The zero-order valence-corrected chi connectivity index (χ0v) is 10.00. The number of anilines is 1. The molecule has 17 heavy (non-hydrogen) atoms. The van der Waals surface area contributed by atoms with Gasteiger partial charge in [-0.05, 0) is 48.7 Å². The van der Waals surface area contributed by atoms with Crippen molar-refractivity contribution >= 4 is 5.69 Å². The Hall–Kier alpha value is -1.90. The van der Waals surface area contributed by atoms with E-state index < -0.39 is 0 Å². The summed E-state index contributed by atoms with van der Waals surface area (Å²) in [5, 5.41) is 3.28. The first-order valence-electron chi connectivity index (χ1n) is 5.56. The van der Waals surface area contributed by atoms with E-state index in [0.717, 1.165) is 22.4 Å². The van der Waals surface area contributed by atoms with Gasteiger partial charge in [0.2, 0.25) is 0 Å². The normalized spacial score (nSPS) is 10.3. The Morgan fingerprint density at radius 1 is 1.18 bits per heavy atom. The van der Waals surface area contributed by atoms with Crippen LogP contribution in [0.4, 0.5) is 10.1 Å². The lowest BCUT2D eigenvalue weighted by Crippen LogP contribution is -2.02. The molecule has 0 aliphatic heterocycles. The molecule has 1 aromatic carbocycles. The zero-order valence-electron chi connectivity index (χ0n) is 10.00. The van der Waals surface area contributed by atoms with E-state index in [9.17, 15) is 4.39 Å². The number of rotatable bonds is 3.